The van der Waals surface area contributed by atoms with Gasteiger partial charge in [-0.05, 0) is 31.1 Å². The van der Waals surface area contributed by atoms with Crippen LogP contribution in [0.5, 0.6) is 0 Å². The molecule has 104 valence electrons. The van der Waals surface area contributed by atoms with Crippen molar-refractivity contribution in [3.8, 4) is 0 Å². The number of nitrogens with one attached hydrogen (secondary N) is 1. The molecule has 0 aromatic carbocycles. The van der Waals surface area contributed by atoms with E-state index in [2.05, 4.69) is 26.1 Å². The summed E-state index contributed by atoms with van der Waals surface area (Å²) in [5, 5.41) is 3.43. The number of thioether (sulfide) groups is 1. The van der Waals surface area contributed by atoms with Crippen molar-refractivity contribution >= 4 is 21.6 Å². The summed E-state index contributed by atoms with van der Waals surface area (Å²) in [4.78, 5) is 0. The lowest BCUT2D eigenvalue weighted by atomic mass is 10.2. The Balaban J connectivity index is 3.81. The van der Waals surface area contributed by atoms with E-state index in [0.717, 1.165) is 31.1 Å². The van der Waals surface area contributed by atoms with E-state index in [-0.39, 0.29) is 0 Å². The first-order valence-corrected chi connectivity index (χ1v) is 9.55. The van der Waals surface area contributed by atoms with Gasteiger partial charge in [-0.2, -0.15) is 11.8 Å². The molecule has 5 heteroatoms. The predicted octanol–water partition coefficient (Wildman–Crippen LogP) is 2.18. The molecule has 0 aliphatic heterocycles. The largest absolute Gasteiger partial charge is 0.313 e. The molecule has 0 aliphatic carbocycles. The van der Waals surface area contributed by atoms with Crippen LogP contribution in [-0.2, 0) is 9.84 Å². The van der Waals surface area contributed by atoms with Gasteiger partial charge in [0.05, 0.1) is 0 Å². The summed E-state index contributed by atoms with van der Waals surface area (Å²) < 4.78 is 22.1. The Morgan fingerprint density at radius 1 is 1.24 bits per heavy atom. The molecule has 0 amide bonds. The van der Waals surface area contributed by atoms with Gasteiger partial charge in [0.25, 0.3) is 0 Å². The molecule has 1 N–H and O–H groups in total. The van der Waals surface area contributed by atoms with E-state index in [0.29, 0.717) is 11.8 Å². The van der Waals surface area contributed by atoms with Crippen molar-refractivity contribution in [3.63, 3.8) is 0 Å². The summed E-state index contributed by atoms with van der Waals surface area (Å²) in [5.74, 6) is 3.28. The lowest BCUT2D eigenvalue weighted by Gasteiger charge is -2.17. The second-order valence-corrected chi connectivity index (χ2v) is 8.29. The predicted molar refractivity (Wildman–Crippen MR) is 78.6 cm³/mol. The molecule has 0 heterocycles. The fraction of sp³-hybridized carbons (Fsp3) is 1.00. The molecule has 0 saturated heterocycles. The van der Waals surface area contributed by atoms with Crippen molar-refractivity contribution in [2.24, 2.45) is 5.92 Å². The van der Waals surface area contributed by atoms with E-state index in [9.17, 15) is 8.42 Å². The zero-order valence-corrected chi connectivity index (χ0v) is 13.2. The third-order valence-electron chi connectivity index (χ3n) is 2.33. The highest BCUT2D eigenvalue weighted by molar-refractivity contribution is 7.99. The fourth-order valence-corrected chi connectivity index (χ4v) is 3.44. The Kier molecular flexibility index (Phi) is 9.37. The van der Waals surface area contributed by atoms with Crippen LogP contribution in [0.15, 0.2) is 0 Å². The highest BCUT2D eigenvalue weighted by Crippen LogP contribution is 2.12. The molecule has 0 radical (unpaired) electrons. The van der Waals surface area contributed by atoms with Crippen LogP contribution < -0.4 is 5.32 Å². The molecule has 17 heavy (non-hydrogen) atoms. The molecule has 1 atom stereocenters. The van der Waals surface area contributed by atoms with Crippen LogP contribution >= 0.6 is 11.8 Å². The van der Waals surface area contributed by atoms with Gasteiger partial charge < -0.3 is 5.32 Å². The second-order valence-electron chi connectivity index (χ2n) is 4.96. The fourth-order valence-electron chi connectivity index (χ4n) is 1.57. The van der Waals surface area contributed by atoms with Crippen LogP contribution in [0.3, 0.4) is 0 Å². The quantitative estimate of drug-likeness (QED) is 0.667. The standard InChI is InChI=1S/C12H27NO2S2/c1-5-13-12(10-16-9-11(2)3)7-6-8-17(4,14)15/h11-13H,5-10H2,1-4H3. The van der Waals surface area contributed by atoms with E-state index < -0.39 is 9.84 Å². The average molecular weight is 281 g/mol. The van der Waals surface area contributed by atoms with Crippen LogP contribution in [0, 0.1) is 5.92 Å². The first kappa shape index (κ1) is 17.3. The first-order chi connectivity index (χ1) is 7.85. The summed E-state index contributed by atoms with van der Waals surface area (Å²) >= 11 is 1.96. The maximum Gasteiger partial charge on any atom is 0.147 e. The van der Waals surface area contributed by atoms with Gasteiger partial charge in [-0.25, -0.2) is 8.42 Å². The molecule has 0 rings (SSSR count). The van der Waals surface area contributed by atoms with Crippen molar-refractivity contribution < 1.29 is 8.42 Å². The van der Waals surface area contributed by atoms with Crippen molar-refractivity contribution in [3.05, 3.63) is 0 Å². The molecule has 0 bridgehead atoms. The van der Waals surface area contributed by atoms with Gasteiger partial charge in [0.15, 0.2) is 0 Å². The maximum absolute atomic E-state index is 11.0. The smallest absolute Gasteiger partial charge is 0.147 e. The lowest BCUT2D eigenvalue weighted by molar-refractivity contribution is 0.527. The molecule has 0 aromatic heterocycles. The van der Waals surface area contributed by atoms with Crippen LogP contribution in [0.2, 0.25) is 0 Å². The van der Waals surface area contributed by atoms with Crippen molar-refractivity contribution in [1.82, 2.24) is 5.32 Å². The minimum atomic E-state index is -2.80. The lowest BCUT2D eigenvalue weighted by Crippen LogP contribution is -2.31. The third-order valence-corrected chi connectivity index (χ3v) is 4.90. The Hall–Kier alpha value is 0.260. The molecular weight excluding hydrogens is 254 g/mol. The molecule has 0 spiro atoms. The Morgan fingerprint density at radius 3 is 2.35 bits per heavy atom. The molecule has 0 fully saturated rings. The van der Waals surface area contributed by atoms with E-state index in [1.807, 2.05) is 11.8 Å². The number of sulfone groups is 1. The van der Waals surface area contributed by atoms with Crippen LogP contribution in [-0.4, -0.2) is 44.5 Å². The number of hydrogen-bond acceptors (Lipinski definition) is 4. The average Bonchev–Trinajstić information content (AvgIpc) is 2.15. The van der Waals surface area contributed by atoms with Gasteiger partial charge in [0.1, 0.15) is 9.84 Å². The second kappa shape index (κ2) is 9.22. The normalized spacial score (nSPS) is 14.2. The maximum atomic E-state index is 11.0. The Morgan fingerprint density at radius 2 is 1.88 bits per heavy atom. The summed E-state index contributed by atoms with van der Waals surface area (Å²) in [7, 11) is -2.80. The third kappa shape index (κ3) is 12.5. The van der Waals surface area contributed by atoms with Gasteiger partial charge in [-0.3, -0.25) is 0 Å². The van der Waals surface area contributed by atoms with Crippen LogP contribution in [0.4, 0.5) is 0 Å². The molecule has 0 saturated carbocycles. The summed E-state index contributed by atoms with van der Waals surface area (Å²) in [6.45, 7) is 7.49. The zero-order chi connectivity index (χ0) is 13.3. The van der Waals surface area contributed by atoms with Gasteiger partial charge in [-0.1, -0.05) is 20.8 Å². The summed E-state index contributed by atoms with van der Waals surface area (Å²) in [5.41, 5.74) is 0. The van der Waals surface area contributed by atoms with Gasteiger partial charge in [0.2, 0.25) is 0 Å². The van der Waals surface area contributed by atoms with E-state index in [1.165, 1.54) is 12.0 Å². The number of hydrogen-bond donors (Lipinski definition) is 1. The summed E-state index contributed by atoms with van der Waals surface area (Å²) in [6.07, 6.45) is 3.02. The van der Waals surface area contributed by atoms with Gasteiger partial charge >= 0.3 is 0 Å². The minimum absolute atomic E-state index is 0.309. The topological polar surface area (TPSA) is 46.2 Å². The van der Waals surface area contributed by atoms with Crippen molar-refractivity contribution in [2.75, 3.05) is 30.1 Å². The van der Waals surface area contributed by atoms with Gasteiger partial charge in [0, 0.05) is 23.8 Å². The minimum Gasteiger partial charge on any atom is -0.313 e. The first-order valence-electron chi connectivity index (χ1n) is 6.34. The SMILES string of the molecule is CCNC(CCCS(C)(=O)=O)CSCC(C)C. The highest BCUT2D eigenvalue weighted by Gasteiger charge is 2.10. The van der Waals surface area contributed by atoms with Crippen molar-refractivity contribution in [1.29, 1.82) is 0 Å². The zero-order valence-electron chi connectivity index (χ0n) is 11.5. The van der Waals surface area contributed by atoms with E-state index in [4.69, 9.17) is 0 Å². The Bertz CT molecular complexity index is 276. The van der Waals surface area contributed by atoms with Crippen molar-refractivity contribution in [2.45, 2.75) is 39.7 Å². The van der Waals surface area contributed by atoms with Gasteiger partial charge in [-0.15, -0.1) is 0 Å². The molecule has 3 nitrogen and oxygen atoms in total. The monoisotopic (exact) mass is 281 g/mol. The highest BCUT2D eigenvalue weighted by atomic mass is 32.2. The van der Waals surface area contributed by atoms with E-state index in [1.54, 1.807) is 0 Å². The molecule has 0 aromatic rings. The summed E-state index contributed by atoms with van der Waals surface area (Å²) in [6, 6.07) is 0.450. The molecule has 0 aliphatic rings. The molecule has 1 unspecified atom stereocenters. The Labute approximate surface area is 111 Å². The number of rotatable bonds is 10. The van der Waals surface area contributed by atoms with E-state index >= 15 is 0 Å². The molecular formula is C12H27NO2S2. The van der Waals surface area contributed by atoms with Crippen LogP contribution in [0.25, 0.3) is 0 Å². The van der Waals surface area contributed by atoms with Crippen LogP contribution in [0.1, 0.15) is 33.6 Å².